The highest BCUT2D eigenvalue weighted by Gasteiger charge is 2.01. The van der Waals surface area contributed by atoms with Crippen LogP contribution in [0.1, 0.15) is 27.2 Å². The maximum Gasteiger partial charge on any atom is 0.119 e. The monoisotopic (exact) mass is 222 g/mol. The fourth-order valence-electron chi connectivity index (χ4n) is 1.51. The second kappa shape index (κ2) is 6.38. The van der Waals surface area contributed by atoms with Crippen LogP contribution in [-0.2, 0) is 0 Å². The molecule has 90 valence electrons. The molecule has 1 rings (SSSR count). The van der Waals surface area contributed by atoms with E-state index in [0.717, 1.165) is 17.9 Å². The Morgan fingerprint density at radius 3 is 2.31 bits per heavy atom. The zero-order chi connectivity index (χ0) is 12.0. The summed E-state index contributed by atoms with van der Waals surface area (Å²) in [6.07, 6.45) is 1.19. The standard InChI is InChI=1S/C13H22N2O/c1-10(2)16-13-6-4-12(5-7-13)15-11(3)8-9-14/h4-7,10-11,15H,8-9,14H2,1-3H3. The molecule has 0 aliphatic carbocycles. The van der Waals surface area contributed by atoms with Crippen molar-refractivity contribution in [3.8, 4) is 5.75 Å². The van der Waals surface area contributed by atoms with Gasteiger partial charge in [0.05, 0.1) is 6.10 Å². The summed E-state index contributed by atoms with van der Waals surface area (Å²) >= 11 is 0. The number of nitrogens with two attached hydrogens (primary N) is 1. The van der Waals surface area contributed by atoms with E-state index in [-0.39, 0.29) is 6.10 Å². The van der Waals surface area contributed by atoms with Gasteiger partial charge in [0, 0.05) is 11.7 Å². The predicted molar refractivity (Wildman–Crippen MR) is 69.0 cm³/mol. The van der Waals surface area contributed by atoms with Crippen molar-refractivity contribution in [3.05, 3.63) is 24.3 Å². The number of hydrogen-bond acceptors (Lipinski definition) is 3. The molecule has 1 aromatic rings. The van der Waals surface area contributed by atoms with Crippen LogP contribution in [0.5, 0.6) is 5.75 Å². The Hall–Kier alpha value is -1.22. The molecule has 3 heteroatoms. The third-order valence-corrected chi connectivity index (χ3v) is 2.24. The first-order valence-corrected chi connectivity index (χ1v) is 5.85. The molecule has 1 atom stereocenters. The molecule has 3 nitrogen and oxygen atoms in total. The van der Waals surface area contributed by atoms with E-state index in [2.05, 4.69) is 12.2 Å². The van der Waals surface area contributed by atoms with Crippen molar-refractivity contribution in [1.29, 1.82) is 0 Å². The number of benzene rings is 1. The lowest BCUT2D eigenvalue weighted by atomic mass is 10.2. The van der Waals surface area contributed by atoms with Gasteiger partial charge in [-0.15, -0.1) is 0 Å². The van der Waals surface area contributed by atoms with E-state index in [9.17, 15) is 0 Å². The van der Waals surface area contributed by atoms with Gasteiger partial charge >= 0.3 is 0 Å². The molecule has 0 spiro atoms. The van der Waals surface area contributed by atoms with Crippen LogP contribution in [-0.4, -0.2) is 18.7 Å². The number of ether oxygens (including phenoxy) is 1. The van der Waals surface area contributed by atoms with Crippen LogP contribution in [0, 0.1) is 0 Å². The molecule has 16 heavy (non-hydrogen) atoms. The third kappa shape index (κ3) is 4.53. The summed E-state index contributed by atoms with van der Waals surface area (Å²) in [6, 6.07) is 8.44. The molecule has 3 N–H and O–H groups in total. The fourth-order valence-corrected chi connectivity index (χ4v) is 1.51. The Morgan fingerprint density at radius 1 is 1.19 bits per heavy atom. The topological polar surface area (TPSA) is 47.3 Å². The van der Waals surface area contributed by atoms with E-state index < -0.39 is 0 Å². The molecule has 0 bridgehead atoms. The van der Waals surface area contributed by atoms with Gasteiger partial charge in [0.2, 0.25) is 0 Å². The molecular formula is C13H22N2O. The lowest BCUT2D eigenvalue weighted by molar-refractivity contribution is 0.242. The Balaban J connectivity index is 2.50. The number of hydrogen-bond donors (Lipinski definition) is 2. The van der Waals surface area contributed by atoms with Crippen LogP contribution >= 0.6 is 0 Å². The van der Waals surface area contributed by atoms with Crippen molar-refractivity contribution in [1.82, 2.24) is 0 Å². The molecule has 0 aliphatic heterocycles. The van der Waals surface area contributed by atoms with Gasteiger partial charge in [0.25, 0.3) is 0 Å². The van der Waals surface area contributed by atoms with Gasteiger partial charge in [0.15, 0.2) is 0 Å². The van der Waals surface area contributed by atoms with Crippen LogP contribution in [0.25, 0.3) is 0 Å². The second-order valence-electron chi connectivity index (χ2n) is 4.31. The van der Waals surface area contributed by atoms with Gasteiger partial charge in [-0.3, -0.25) is 0 Å². The summed E-state index contributed by atoms with van der Waals surface area (Å²) in [5.74, 6) is 0.909. The lowest BCUT2D eigenvalue weighted by Crippen LogP contribution is -2.19. The van der Waals surface area contributed by atoms with Crippen LogP contribution < -0.4 is 15.8 Å². The second-order valence-corrected chi connectivity index (χ2v) is 4.31. The molecule has 1 unspecified atom stereocenters. The average Bonchev–Trinajstić information content (AvgIpc) is 2.20. The molecule has 0 fully saturated rings. The van der Waals surface area contributed by atoms with Crippen molar-refractivity contribution in [2.45, 2.75) is 39.3 Å². The number of anilines is 1. The molecule has 0 saturated carbocycles. The van der Waals surface area contributed by atoms with Crippen LogP contribution in [0.4, 0.5) is 5.69 Å². The van der Waals surface area contributed by atoms with Crippen molar-refractivity contribution >= 4 is 5.69 Å². The Bertz CT molecular complexity index is 295. The summed E-state index contributed by atoms with van der Waals surface area (Å²) in [5, 5.41) is 3.39. The highest BCUT2D eigenvalue weighted by atomic mass is 16.5. The van der Waals surface area contributed by atoms with Gasteiger partial charge in [0.1, 0.15) is 5.75 Å². The smallest absolute Gasteiger partial charge is 0.119 e. The SMILES string of the molecule is CC(CCN)Nc1ccc(OC(C)C)cc1. The third-order valence-electron chi connectivity index (χ3n) is 2.24. The number of rotatable bonds is 6. The van der Waals surface area contributed by atoms with E-state index >= 15 is 0 Å². The average molecular weight is 222 g/mol. The lowest BCUT2D eigenvalue weighted by Gasteiger charge is -2.15. The van der Waals surface area contributed by atoms with Gasteiger partial charge in [-0.05, 0) is 58.0 Å². The molecule has 0 amide bonds. The minimum absolute atomic E-state index is 0.218. The van der Waals surface area contributed by atoms with E-state index in [1.807, 2.05) is 38.1 Å². The first-order valence-electron chi connectivity index (χ1n) is 5.85. The van der Waals surface area contributed by atoms with E-state index in [0.29, 0.717) is 12.6 Å². The maximum absolute atomic E-state index is 5.57. The van der Waals surface area contributed by atoms with Gasteiger partial charge in [-0.2, -0.15) is 0 Å². The maximum atomic E-state index is 5.57. The number of nitrogens with one attached hydrogen (secondary N) is 1. The zero-order valence-electron chi connectivity index (χ0n) is 10.4. The first kappa shape index (κ1) is 12.8. The van der Waals surface area contributed by atoms with Crippen LogP contribution in [0.15, 0.2) is 24.3 Å². The summed E-state index contributed by atoms with van der Waals surface area (Å²) in [5.41, 5.74) is 6.61. The van der Waals surface area contributed by atoms with E-state index in [1.54, 1.807) is 0 Å². The normalized spacial score (nSPS) is 12.6. The molecule has 0 heterocycles. The van der Waals surface area contributed by atoms with Crippen molar-refractivity contribution in [2.75, 3.05) is 11.9 Å². The quantitative estimate of drug-likeness (QED) is 0.778. The fraction of sp³-hybridized carbons (Fsp3) is 0.538. The molecule has 1 aromatic carbocycles. The largest absolute Gasteiger partial charge is 0.491 e. The molecule has 0 aromatic heterocycles. The van der Waals surface area contributed by atoms with Crippen molar-refractivity contribution in [2.24, 2.45) is 5.73 Å². The van der Waals surface area contributed by atoms with Crippen molar-refractivity contribution < 1.29 is 4.74 Å². The van der Waals surface area contributed by atoms with Crippen LogP contribution in [0.3, 0.4) is 0 Å². The summed E-state index contributed by atoms with van der Waals surface area (Å²) in [7, 11) is 0. The first-order chi connectivity index (χ1) is 7.61. The van der Waals surface area contributed by atoms with Gasteiger partial charge < -0.3 is 15.8 Å². The minimum atomic E-state index is 0.218. The Morgan fingerprint density at radius 2 is 1.81 bits per heavy atom. The Labute approximate surface area is 98.0 Å². The summed E-state index contributed by atoms with van der Waals surface area (Å²) in [6.45, 7) is 6.89. The van der Waals surface area contributed by atoms with Gasteiger partial charge in [-0.25, -0.2) is 0 Å². The van der Waals surface area contributed by atoms with Gasteiger partial charge in [-0.1, -0.05) is 0 Å². The molecule has 0 saturated heterocycles. The van der Waals surface area contributed by atoms with E-state index in [1.165, 1.54) is 0 Å². The van der Waals surface area contributed by atoms with Crippen molar-refractivity contribution in [3.63, 3.8) is 0 Å². The highest BCUT2D eigenvalue weighted by Crippen LogP contribution is 2.17. The minimum Gasteiger partial charge on any atom is -0.491 e. The molecule has 0 aliphatic rings. The summed E-state index contributed by atoms with van der Waals surface area (Å²) < 4.78 is 5.57. The predicted octanol–water partition coefficient (Wildman–Crippen LogP) is 2.62. The van der Waals surface area contributed by atoms with Crippen LogP contribution in [0.2, 0.25) is 0 Å². The molecule has 0 radical (unpaired) electrons. The molecular weight excluding hydrogens is 200 g/mol. The highest BCUT2D eigenvalue weighted by molar-refractivity contribution is 5.46. The summed E-state index contributed by atoms with van der Waals surface area (Å²) in [4.78, 5) is 0. The van der Waals surface area contributed by atoms with E-state index in [4.69, 9.17) is 10.5 Å². The Kier molecular flexibility index (Phi) is 5.12. The zero-order valence-corrected chi connectivity index (χ0v) is 10.4.